The molecule has 1 saturated heterocycles. The normalized spacial score (nSPS) is 18.6. The SMILES string of the molecule is COC(=O)C1=C(CN2CCN(c3ccc(C)cc3)CC2)NC(=O)NC1c1ccc(OC)c(OC)c1. The number of piperazine rings is 1. The second kappa shape index (κ2) is 10.7. The molecule has 2 N–H and O–H groups in total. The van der Waals surface area contributed by atoms with Gasteiger partial charge in [-0.3, -0.25) is 4.90 Å². The van der Waals surface area contributed by atoms with Crippen molar-refractivity contribution in [2.45, 2.75) is 13.0 Å². The molecule has 1 fully saturated rings. The first-order valence-electron chi connectivity index (χ1n) is 11.6. The lowest BCUT2D eigenvalue weighted by atomic mass is 9.94. The number of nitrogens with one attached hydrogen (secondary N) is 2. The number of carbonyl (C=O) groups is 2. The Kier molecular flexibility index (Phi) is 7.45. The highest BCUT2D eigenvalue weighted by molar-refractivity contribution is 5.95. The summed E-state index contributed by atoms with van der Waals surface area (Å²) in [6.45, 7) is 5.83. The van der Waals surface area contributed by atoms with Crippen molar-refractivity contribution in [1.82, 2.24) is 15.5 Å². The van der Waals surface area contributed by atoms with Gasteiger partial charge in [0.15, 0.2) is 11.5 Å². The molecule has 0 bridgehead atoms. The monoisotopic (exact) mass is 480 g/mol. The first-order valence-corrected chi connectivity index (χ1v) is 11.6. The van der Waals surface area contributed by atoms with Gasteiger partial charge < -0.3 is 29.7 Å². The lowest BCUT2D eigenvalue weighted by Crippen LogP contribution is -2.51. The van der Waals surface area contributed by atoms with E-state index >= 15 is 0 Å². The summed E-state index contributed by atoms with van der Waals surface area (Å²) in [6.07, 6.45) is 0. The van der Waals surface area contributed by atoms with Crippen LogP contribution in [0.15, 0.2) is 53.7 Å². The Hall–Kier alpha value is -3.72. The number of nitrogens with zero attached hydrogens (tertiary/aromatic N) is 2. The van der Waals surface area contributed by atoms with Crippen molar-refractivity contribution in [3.8, 4) is 11.5 Å². The third kappa shape index (κ3) is 5.35. The van der Waals surface area contributed by atoms with Gasteiger partial charge in [0.25, 0.3) is 0 Å². The highest BCUT2D eigenvalue weighted by Crippen LogP contribution is 2.34. The average Bonchev–Trinajstić information content (AvgIpc) is 2.88. The van der Waals surface area contributed by atoms with Gasteiger partial charge in [0, 0.05) is 44.1 Å². The van der Waals surface area contributed by atoms with Gasteiger partial charge in [-0.1, -0.05) is 23.8 Å². The number of ether oxygens (including phenoxy) is 3. The number of carbonyl (C=O) groups excluding carboxylic acids is 2. The van der Waals surface area contributed by atoms with Crippen LogP contribution >= 0.6 is 0 Å². The molecule has 9 nitrogen and oxygen atoms in total. The van der Waals surface area contributed by atoms with E-state index in [1.54, 1.807) is 32.4 Å². The predicted molar refractivity (Wildman–Crippen MR) is 133 cm³/mol. The van der Waals surface area contributed by atoms with Gasteiger partial charge >= 0.3 is 12.0 Å². The van der Waals surface area contributed by atoms with E-state index in [9.17, 15) is 9.59 Å². The van der Waals surface area contributed by atoms with Crippen LogP contribution in [0.3, 0.4) is 0 Å². The van der Waals surface area contributed by atoms with Crippen molar-refractivity contribution in [1.29, 1.82) is 0 Å². The van der Waals surface area contributed by atoms with Gasteiger partial charge in [-0.15, -0.1) is 0 Å². The summed E-state index contributed by atoms with van der Waals surface area (Å²) in [5.41, 5.74) is 4.05. The number of urea groups is 1. The summed E-state index contributed by atoms with van der Waals surface area (Å²) in [6, 6.07) is 12.8. The molecule has 35 heavy (non-hydrogen) atoms. The predicted octanol–water partition coefficient (Wildman–Crippen LogP) is 2.62. The molecule has 2 aromatic rings. The molecular formula is C26H32N4O5. The largest absolute Gasteiger partial charge is 0.493 e. The Morgan fingerprint density at radius 1 is 0.971 bits per heavy atom. The number of esters is 1. The maximum Gasteiger partial charge on any atom is 0.338 e. The highest BCUT2D eigenvalue weighted by Gasteiger charge is 2.35. The van der Waals surface area contributed by atoms with E-state index in [2.05, 4.69) is 51.6 Å². The van der Waals surface area contributed by atoms with Gasteiger partial charge in [0.1, 0.15) is 0 Å². The fourth-order valence-electron chi connectivity index (χ4n) is 4.52. The highest BCUT2D eigenvalue weighted by atomic mass is 16.5. The van der Waals surface area contributed by atoms with E-state index in [1.807, 2.05) is 0 Å². The minimum Gasteiger partial charge on any atom is -0.493 e. The average molecular weight is 481 g/mol. The van der Waals surface area contributed by atoms with Crippen LogP contribution in [0.25, 0.3) is 0 Å². The number of methoxy groups -OCH3 is 3. The third-order valence-corrected chi connectivity index (χ3v) is 6.45. The Balaban J connectivity index is 1.57. The van der Waals surface area contributed by atoms with E-state index in [-0.39, 0.29) is 6.03 Å². The van der Waals surface area contributed by atoms with Crippen LogP contribution in [-0.2, 0) is 9.53 Å². The molecular weight excluding hydrogens is 448 g/mol. The molecule has 2 aromatic carbocycles. The van der Waals surface area contributed by atoms with Gasteiger partial charge in [-0.05, 0) is 36.8 Å². The smallest absolute Gasteiger partial charge is 0.338 e. The van der Waals surface area contributed by atoms with Gasteiger partial charge in [0.05, 0.1) is 32.9 Å². The number of hydrogen-bond donors (Lipinski definition) is 2. The molecule has 0 saturated carbocycles. The number of amides is 2. The van der Waals surface area contributed by atoms with Crippen molar-refractivity contribution in [2.24, 2.45) is 0 Å². The second-order valence-corrected chi connectivity index (χ2v) is 8.63. The Morgan fingerprint density at radius 2 is 1.66 bits per heavy atom. The van der Waals surface area contributed by atoms with Crippen LogP contribution in [0.4, 0.5) is 10.5 Å². The fourth-order valence-corrected chi connectivity index (χ4v) is 4.52. The third-order valence-electron chi connectivity index (χ3n) is 6.45. The van der Waals surface area contributed by atoms with E-state index in [0.717, 1.165) is 26.2 Å². The molecule has 1 atom stereocenters. The maximum absolute atomic E-state index is 12.9. The Labute approximate surface area is 205 Å². The lowest BCUT2D eigenvalue weighted by Gasteiger charge is -2.38. The molecule has 2 heterocycles. The standard InChI is InChI=1S/C26H32N4O5/c1-17-5-8-19(9-6-17)30-13-11-29(12-14-30)16-20-23(25(31)35-4)24(28-26(32)27-20)18-7-10-21(33-2)22(15-18)34-3/h5-10,15,24H,11-14,16H2,1-4H3,(H2,27,28,32). The molecule has 0 aliphatic carbocycles. The summed E-state index contributed by atoms with van der Waals surface area (Å²) in [5, 5.41) is 5.70. The maximum atomic E-state index is 12.9. The topological polar surface area (TPSA) is 92.4 Å². The van der Waals surface area contributed by atoms with Gasteiger partial charge in [0.2, 0.25) is 0 Å². The molecule has 2 amide bonds. The van der Waals surface area contributed by atoms with Crippen LogP contribution in [0.5, 0.6) is 11.5 Å². The number of aryl methyl sites for hydroxylation is 1. The van der Waals surface area contributed by atoms with E-state index in [1.165, 1.54) is 18.4 Å². The van der Waals surface area contributed by atoms with E-state index in [0.29, 0.717) is 34.9 Å². The number of hydrogen-bond acceptors (Lipinski definition) is 7. The van der Waals surface area contributed by atoms with Crippen molar-refractivity contribution in [3.05, 3.63) is 64.9 Å². The summed E-state index contributed by atoms with van der Waals surface area (Å²) >= 11 is 0. The molecule has 2 aliphatic heterocycles. The molecule has 0 spiro atoms. The van der Waals surface area contributed by atoms with Crippen molar-refractivity contribution < 1.29 is 23.8 Å². The van der Waals surface area contributed by atoms with Crippen LogP contribution in [0.1, 0.15) is 17.2 Å². The van der Waals surface area contributed by atoms with Crippen LogP contribution < -0.4 is 25.0 Å². The zero-order chi connectivity index (χ0) is 24.9. The van der Waals surface area contributed by atoms with Gasteiger partial charge in [-0.25, -0.2) is 9.59 Å². The summed E-state index contributed by atoms with van der Waals surface area (Å²) in [5.74, 6) is 0.577. The van der Waals surface area contributed by atoms with E-state index in [4.69, 9.17) is 14.2 Å². The second-order valence-electron chi connectivity index (χ2n) is 8.63. The zero-order valence-corrected chi connectivity index (χ0v) is 20.6. The molecule has 0 aromatic heterocycles. The number of benzene rings is 2. The number of anilines is 1. The Bertz CT molecular complexity index is 1110. The van der Waals surface area contributed by atoms with Crippen molar-refractivity contribution in [3.63, 3.8) is 0 Å². The Morgan fingerprint density at radius 3 is 2.29 bits per heavy atom. The first kappa shape index (κ1) is 24.4. The molecule has 0 radical (unpaired) electrons. The van der Waals surface area contributed by atoms with Crippen molar-refractivity contribution >= 4 is 17.7 Å². The molecule has 9 heteroatoms. The zero-order valence-electron chi connectivity index (χ0n) is 20.6. The summed E-state index contributed by atoms with van der Waals surface area (Å²) in [4.78, 5) is 30.1. The van der Waals surface area contributed by atoms with Gasteiger partial charge in [-0.2, -0.15) is 0 Å². The molecule has 4 rings (SSSR count). The fraction of sp³-hybridized carbons (Fsp3) is 0.385. The van der Waals surface area contributed by atoms with Crippen LogP contribution in [-0.4, -0.2) is 71.0 Å². The lowest BCUT2D eigenvalue weighted by molar-refractivity contribution is -0.136. The summed E-state index contributed by atoms with van der Waals surface area (Å²) in [7, 11) is 4.44. The minimum atomic E-state index is -0.681. The molecule has 1 unspecified atom stereocenters. The first-order chi connectivity index (χ1) is 16.9. The summed E-state index contributed by atoms with van der Waals surface area (Å²) < 4.78 is 15.9. The van der Waals surface area contributed by atoms with Crippen LogP contribution in [0.2, 0.25) is 0 Å². The molecule has 2 aliphatic rings. The van der Waals surface area contributed by atoms with Crippen molar-refractivity contribution in [2.75, 3.05) is 59.0 Å². The van der Waals surface area contributed by atoms with E-state index < -0.39 is 12.0 Å². The quantitative estimate of drug-likeness (QED) is 0.589. The molecule has 186 valence electrons. The minimum absolute atomic E-state index is 0.370. The van der Waals surface area contributed by atoms with Crippen LogP contribution in [0, 0.1) is 6.92 Å². The number of rotatable bonds is 7.